The van der Waals surface area contributed by atoms with Crippen molar-refractivity contribution in [3.63, 3.8) is 0 Å². The first kappa shape index (κ1) is 12.1. The van der Waals surface area contributed by atoms with E-state index in [0.29, 0.717) is 17.3 Å². The zero-order valence-electron chi connectivity index (χ0n) is 10.5. The maximum absolute atomic E-state index is 5.83. The van der Waals surface area contributed by atoms with E-state index in [9.17, 15) is 0 Å². The summed E-state index contributed by atoms with van der Waals surface area (Å²) in [5.74, 6) is 1.29. The first-order valence-electron chi connectivity index (χ1n) is 5.86. The predicted molar refractivity (Wildman–Crippen MR) is 72.7 cm³/mol. The van der Waals surface area contributed by atoms with Crippen molar-refractivity contribution in [2.75, 3.05) is 6.54 Å². The van der Waals surface area contributed by atoms with Gasteiger partial charge in [0.25, 0.3) is 0 Å². The van der Waals surface area contributed by atoms with Crippen LogP contribution in [0.5, 0.6) is 0 Å². The largest absolute Gasteiger partial charge is 0.330 e. The highest BCUT2D eigenvalue weighted by atomic mass is 79.9. The lowest BCUT2D eigenvalue weighted by atomic mass is 9.99. The van der Waals surface area contributed by atoms with Crippen molar-refractivity contribution in [1.29, 1.82) is 0 Å². The molecule has 1 nitrogen and oxygen atoms in total. The van der Waals surface area contributed by atoms with Gasteiger partial charge in [-0.1, -0.05) is 41.9 Å². The molecule has 2 heteroatoms. The molecular weight excluding hydrogens is 262 g/mol. The number of aryl methyl sites for hydroxylation is 2. The monoisotopic (exact) mass is 281 g/mol. The molecule has 0 bridgehead atoms. The summed E-state index contributed by atoms with van der Waals surface area (Å²) in [6.45, 7) is 9.76. The van der Waals surface area contributed by atoms with Gasteiger partial charge in [0, 0.05) is 4.47 Å². The van der Waals surface area contributed by atoms with Gasteiger partial charge in [0.2, 0.25) is 0 Å². The van der Waals surface area contributed by atoms with Crippen LogP contribution in [0, 0.1) is 25.2 Å². The van der Waals surface area contributed by atoms with Gasteiger partial charge in [-0.25, -0.2) is 0 Å². The molecule has 1 fully saturated rings. The van der Waals surface area contributed by atoms with Crippen molar-refractivity contribution < 1.29 is 0 Å². The summed E-state index contributed by atoms with van der Waals surface area (Å²) in [5.41, 5.74) is 10.3. The maximum Gasteiger partial charge on any atom is 0.0233 e. The Kier molecular flexibility index (Phi) is 2.92. The molecule has 0 aliphatic heterocycles. The third-order valence-corrected chi connectivity index (χ3v) is 5.37. The molecule has 2 rings (SSSR count). The zero-order valence-corrected chi connectivity index (χ0v) is 12.1. The van der Waals surface area contributed by atoms with Crippen LogP contribution in [-0.2, 0) is 0 Å². The second-order valence-corrected chi connectivity index (χ2v) is 6.40. The van der Waals surface area contributed by atoms with Crippen LogP contribution in [0.15, 0.2) is 16.6 Å². The lowest BCUT2D eigenvalue weighted by Crippen LogP contribution is -2.05. The maximum atomic E-state index is 5.83. The normalized spacial score (nSPS) is 26.9. The molecule has 2 N–H and O–H groups in total. The van der Waals surface area contributed by atoms with E-state index < -0.39 is 0 Å². The highest BCUT2D eigenvalue weighted by Crippen LogP contribution is 2.64. The van der Waals surface area contributed by atoms with Crippen LogP contribution in [-0.4, -0.2) is 6.54 Å². The van der Waals surface area contributed by atoms with Crippen molar-refractivity contribution in [3.8, 4) is 0 Å². The summed E-state index contributed by atoms with van der Waals surface area (Å²) >= 11 is 3.62. The fraction of sp³-hybridized carbons (Fsp3) is 0.571. The smallest absolute Gasteiger partial charge is 0.0233 e. The molecule has 2 atom stereocenters. The lowest BCUT2D eigenvalue weighted by molar-refractivity contribution is 0.558. The standard InChI is InChI=1S/C14H20BrN/c1-8-5-10(6-9(2)13(8)15)12-11(7-16)14(12,3)4/h5-6,11-12H,7,16H2,1-4H3/t11-,12-/m0/s1. The van der Waals surface area contributed by atoms with Crippen LogP contribution in [0.4, 0.5) is 0 Å². The van der Waals surface area contributed by atoms with Crippen LogP contribution in [0.1, 0.15) is 36.5 Å². The minimum absolute atomic E-state index is 0.376. The summed E-state index contributed by atoms with van der Waals surface area (Å²) in [6, 6.07) is 4.61. The molecule has 16 heavy (non-hydrogen) atoms. The summed E-state index contributed by atoms with van der Waals surface area (Å²) in [7, 11) is 0. The van der Waals surface area contributed by atoms with E-state index >= 15 is 0 Å². The third kappa shape index (κ3) is 1.72. The quantitative estimate of drug-likeness (QED) is 0.878. The Morgan fingerprint density at radius 2 is 1.75 bits per heavy atom. The second kappa shape index (κ2) is 3.85. The Hall–Kier alpha value is -0.340. The van der Waals surface area contributed by atoms with Crippen molar-refractivity contribution >= 4 is 15.9 Å². The Labute approximate surface area is 107 Å². The van der Waals surface area contributed by atoms with Crippen molar-refractivity contribution in [2.45, 2.75) is 33.6 Å². The first-order valence-corrected chi connectivity index (χ1v) is 6.65. The molecule has 0 radical (unpaired) electrons. The van der Waals surface area contributed by atoms with Gasteiger partial charge in [0.15, 0.2) is 0 Å². The highest BCUT2D eigenvalue weighted by molar-refractivity contribution is 9.10. The van der Waals surface area contributed by atoms with E-state index in [0.717, 1.165) is 6.54 Å². The van der Waals surface area contributed by atoms with Gasteiger partial charge in [-0.05, 0) is 54.3 Å². The molecule has 1 aromatic rings. The van der Waals surface area contributed by atoms with Crippen molar-refractivity contribution in [3.05, 3.63) is 33.3 Å². The summed E-state index contributed by atoms with van der Waals surface area (Å²) in [5, 5.41) is 0. The van der Waals surface area contributed by atoms with Crippen molar-refractivity contribution in [1.82, 2.24) is 0 Å². The van der Waals surface area contributed by atoms with E-state index in [1.54, 1.807) is 0 Å². The van der Waals surface area contributed by atoms with Crippen LogP contribution in [0.25, 0.3) is 0 Å². The molecule has 1 aliphatic rings. The van der Waals surface area contributed by atoms with Crippen LogP contribution in [0.3, 0.4) is 0 Å². The van der Waals surface area contributed by atoms with Gasteiger partial charge in [0.1, 0.15) is 0 Å². The Bertz CT molecular complexity index is 400. The fourth-order valence-corrected chi connectivity index (χ4v) is 3.23. The first-order chi connectivity index (χ1) is 7.39. The summed E-state index contributed by atoms with van der Waals surface area (Å²) < 4.78 is 1.24. The summed E-state index contributed by atoms with van der Waals surface area (Å²) in [4.78, 5) is 0. The Morgan fingerprint density at radius 3 is 2.12 bits per heavy atom. The molecule has 0 amide bonds. The average molecular weight is 282 g/mol. The predicted octanol–water partition coefficient (Wildman–Crippen LogP) is 3.76. The number of halogens is 1. The van der Waals surface area contributed by atoms with Gasteiger partial charge in [-0.15, -0.1) is 0 Å². The van der Waals surface area contributed by atoms with E-state index in [-0.39, 0.29) is 0 Å². The minimum Gasteiger partial charge on any atom is -0.330 e. The third-order valence-electron chi connectivity index (χ3n) is 4.12. The van der Waals surface area contributed by atoms with E-state index in [4.69, 9.17) is 5.73 Å². The number of hydrogen-bond donors (Lipinski definition) is 1. The molecule has 0 heterocycles. The van der Waals surface area contributed by atoms with Crippen LogP contribution < -0.4 is 5.73 Å². The molecule has 0 spiro atoms. The molecule has 1 aliphatic carbocycles. The number of nitrogens with two attached hydrogens (primary N) is 1. The average Bonchev–Trinajstić information content (AvgIpc) is 2.76. The van der Waals surface area contributed by atoms with Crippen LogP contribution in [0.2, 0.25) is 0 Å². The zero-order chi connectivity index (χ0) is 12.1. The summed E-state index contributed by atoms with van der Waals surface area (Å²) in [6.07, 6.45) is 0. The molecule has 0 aromatic heterocycles. The molecule has 1 saturated carbocycles. The van der Waals surface area contributed by atoms with Crippen molar-refractivity contribution in [2.24, 2.45) is 17.1 Å². The Morgan fingerprint density at radius 1 is 1.25 bits per heavy atom. The second-order valence-electron chi connectivity index (χ2n) is 5.61. The van der Waals surface area contributed by atoms with Gasteiger partial charge >= 0.3 is 0 Å². The topological polar surface area (TPSA) is 26.0 Å². The number of hydrogen-bond acceptors (Lipinski definition) is 1. The van der Waals surface area contributed by atoms with E-state index in [1.165, 1.54) is 21.2 Å². The Balaban J connectivity index is 2.37. The highest BCUT2D eigenvalue weighted by Gasteiger charge is 2.57. The minimum atomic E-state index is 0.376. The van der Waals surface area contributed by atoms with Gasteiger partial charge in [0.05, 0.1) is 0 Å². The molecule has 0 unspecified atom stereocenters. The number of benzene rings is 1. The van der Waals surface area contributed by atoms with Crippen LogP contribution >= 0.6 is 15.9 Å². The number of rotatable bonds is 2. The fourth-order valence-electron chi connectivity index (χ4n) is 3.00. The molecule has 0 saturated heterocycles. The van der Waals surface area contributed by atoms with E-state index in [1.807, 2.05) is 0 Å². The van der Waals surface area contributed by atoms with Gasteiger partial charge < -0.3 is 5.73 Å². The van der Waals surface area contributed by atoms with Gasteiger partial charge in [-0.3, -0.25) is 0 Å². The van der Waals surface area contributed by atoms with E-state index in [2.05, 4.69) is 55.8 Å². The molecule has 88 valence electrons. The molecule has 1 aromatic carbocycles. The SMILES string of the molecule is Cc1cc([C@H]2[C@H](CN)C2(C)C)cc(C)c1Br. The van der Waals surface area contributed by atoms with Gasteiger partial charge in [-0.2, -0.15) is 0 Å². The lowest BCUT2D eigenvalue weighted by Gasteiger charge is -2.09. The molecular formula is C14H20BrN.